The summed E-state index contributed by atoms with van der Waals surface area (Å²) in [6.45, 7) is 3.80. The second-order valence-corrected chi connectivity index (χ2v) is 5.91. The van der Waals surface area contributed by atoms with Crippen molar-refractivity contribution in [3.05, 3.63) is 24.0 Å². The molecule has 1 aliphatic carbocycles. The van der Waals surface area contributed by atoms with Crippen LogP contribution in [-0.4, -0.2) is 24.0 Å². The number of amides is 1. The standard InChI is InChI=1S/C17H27N3O/c1-2-11-18-15-9-10-16(20-13-15)17(21)19-12-5-8-14-6-3-4-7-14/h9-10,13-14,18H,2-8,11-12H2,1H3,(H,19,21). The van der Waals surface area contributed by atoms with Crippen molar-refractivity contribution in [3.63, 3.8) is 0 Å². The van der Waals surface area contributed by atoms with E-state index in [1.807, 2.05) is 6.07 Å². The van der Waals surface area contributed by atoms with Crippen LogP contribution in [0.25, 0.3) is 0 Å². The highest BCUT2D eigenvalue weighted by atomic mass is 16.1. The molecule has 0 radical (unpaired) electrons. The Morgan fingerprint density at radius 1 is 1.29 bits per heavy atom. The quantitative estimate of drug-likeness (QED) is 0.719. The van der Waals surface area contributed by atoms with Gasteiger partial charge in [0.15, 0.2) is 0 Å². The molecule has 0 saturated heterocycles. The van der Waals surface area contributed by atoms with Gasteiger partial charge in [-0.1, -0.05) is 32.6 Å². The van der Waals surface area contributed by atoms with E-state index in [-0.39, 0.29) is 5.91 Å². The molecule has 2 N–H and O–H groups in total. The summed E-state index contributed by atoms with van der Waals surface area (Å²) in [4.78, 5) is 16.2. The van der Waals surface area contributed by atoms with Crippen LogP contribution in [0.15, 0.2) is 18.3 Å². The zero-order valence-corrected chi connectivity index (χ0v) is 13.0. The summed E-state index contributed by atoms with van der Waals surface area (Å²) < 4.78 is 0. The minimum absolute atomic E-state index is 0.0662. The van der Waals surface area contributed by atoms with Gasteiger partial charge >= 0.3 is 0 Å². The zero-order chi connectivity index (χ0) is 14.9. The first-order chi connectivity index (χ1) is 10.3. The van der Waals surface area contributed by atoms with Gasteiger partial charge in [0.25, 0.3) is 5.91 Å². The summed E-state index contributed by atoms with van der Waals surface area (Å²) in [5.74, 6) is 0.826. The van der Waals surface area contributed by atoms with E-state index in [0.29, 0.717) is 5.69 Å². The normalized spacial score (nSPS) is 15.1. The molecule has 1 aromatic rings. The molecule has 21 heavy (non-hydrogen) atoms. The molecular formula is C17H27N3O. The van der Waals surface area contributed by atoms with Gasteiger partial charge in [0.1, 0.15) is 5.69 Å². The Bertz CT molecular complexity index is 424. The van der Waals surface area contributed by atoms with E-state index in [1.165, 1.54) is 32.1 Å². The first kappa shape index (κ1) is 15.8. The fraction of sp³-hybridized carbons (Fsp3) is 0.647. The van der Waals surface area contributed by atoms with Gasteiger partial charge in [-0.05, 0) is 37.3 Å². The minimum Gasteiger partial charge on any atom is -0.384 e. The number of nitrogens with zero attached hydrogens (tertiary/aromatic N) is 1. The fourth-order valence-corrected chi connectivity index (χ4v) is 2.88. The lowest BCUT2D eigenvalue weighted by Crippen LogP contribution is -2.25. The molecule has 0 spiro atoms. The van der Waals surface area contributed by atoms with Crippen molar-refractivity contribution in [2.75, 3.05) is 18.4 Å². The molecule has 0 atom stereocenters. The van der Waals surface area contributed by atoms with E-state index in [9.17, 15) is 4.79 Å². The van der Waals surface area contributed by atoms with Gasteiger partial charge in [-0.15, -0.1) is 0 Å². The van der Waals surface area contributed by atoms with Gasteiger partial charge in [-0.2, -0.15) is 0 Å². The summed E-state index contributed by atoms with van der Waals surface area (Å²) in [6.07, 6.45) is 10.6. The number of aromatic nitrogens is 1. The Morgan fingerprint density at radius 2 is 2.10 bits per heavy atom. The Morgan fingerprint density at radius 3 is 2.76 bits per heavy atom. The van der Waals surface area contributed by atoms with Gasteiger partial charge in [0, 0.05) is 13.1 Å². The summed E-state index contributed by atoms with van der Waals surface area (Å²) in [6, 6.07) is 3.69. The molecule has 0 aromatic carbocycles. The van der Waals surface area contributed by atoms with Crippen molar-refractivity contribution in [2.45, 2.75) is 51.9 Å². The second-order valence-electron chi connectivity index (χ2n) is 5.91. The first-order valence-electron chi connectivity index (χ1n) is 8.27. The van der Waals surface area contributed by atoms with Crippen LogP contribution in [0.3, 0.4) is 0 Å². The van der Waals surface area contributed by atoms with E-state index in [0.717, 1.165) is 37.5 Å². The van der Waals surface area contributed by atoms with Gasteiger partial charge in [-0.25, -0.2) is 4.98 Å². The largest absolute Gasteiger partial charge is 0.384 e. The summed E-state index contributed by atoms with van der Waals surface area (Å²) in [5.41, 5.74) is 1.47. The van der Waals surface area contributed by atoms with Gasteiger partial charge < -0.3 is 10.6 Å². The number of nitrogens with one attached hydrogen (secondary N) is 2. The lowest BCUT2D eigenvalue weighted by Gasteiger charge is -2.09. The van der Waals surface area contributed by atoms with Crippen LogP contribution in [0.5, 0.6) is 0 Å². The van der Waals surface area contributed by atoms with Crippen molar-refractivity contribution >= 4 is 11.6 Å². The predicted molar refractivity (Wildman–Crippen MR) is 86.5 cm³/mol. The maximum Gasteiger partial charge on any atom is 0.269 e. The highest BCUT2D eigenvalue weighted by Crippen LogP contribution is 2.28. The summed E-state index contributed by atoms with van der Waals surface area (Å²) >= 11 is 0. The van der Waals surface area contributed by atoms with Crippen molar-refractivity contribution in [3.8, 4) is 0 Å². The number of carbonyl (C=O) groups is 1. The van der Waals surface area contributed by atoms with Gasteiger partial charge in [0.2, 0.25) is 0 Å². The van der Waals surface area contributed by atoms with Crippen LogP contribution in [0, 0.1) is 5.92 Å². The molecule has 4 nitrogen and oxygen atoms in total. The number of hydrogen-bond acceptors (Lipinski definition) is 3. The van der Waals surface area contributed by atoms with Crippen LogP contribution in [-0.2, 0) is 0 Å². The Balaban J connectivity index is 1.67. The zero-order valence-electron chi connectivity index (χ0n) is 13.0. The Hall–Kier alpha value is -1.58. The molecule has 4 heteroatoms. The van der Waals surface area contributed by atoms with Gasteiger partial charge in [-0.3, -0.25) is 4.79 Å². The number of rotatable bonds is 8. The molecule has 1 aliphatic rings. The Kier molecular flexibility index (Phi) is 6.51. The average Bonchev–Trinajstić information content (AvgIpc) is 3.03. The van der Waals surface area contributed by atoms with Crippen LogP contribution in [0.1, 0.15) is 62.4 Å². The predicted octanol–water partition coefficient (Wildman–Crippen LogP) is 3.60. The number of pyridine rings is 1. The topological polar surface area (TPSA) is 54.0 Å². The monoisotopic (exact) mass is 289 g/mol. The highest BCUT2D eigenvalue weighted by Gasteiger charge is 2.14. The van der Waals surface area contributed by atoms with Crippen molar-refractivity contribution in [1.82, 2.24) is 10.3 Å². The molecule has 1 aromatic heterocycles. The lowest BCUT2D eigenvalue weighted by molar-refractivity contribution is 0.0947. The third-order valence-corrected chi connectivity index (χ3v) is 4.12. The summed E-state index contributed by atoms with van der Waals surface area (Å²) in [7, 11) is 0. The molecule has 0 bridgehead atoms. The van der Waals surface area contributed by atoms with Crippen molar-refractivity contribution < 1.29 is 4.79 Å². The lowest BCUT2D eigenvalue weighted by atomic mass is 10.0. The van der Waals surface area contributed by atoms with Crippen molar-refractivity contribution in [1.29, 1.82) is 0 Å². The molecule has 0 aliphatic heterocycles. The van der Waals surface area contributed by atoms with Gasteiger partial charge in [0.05, 0.1) is 11.9 Å². The van der Waals surface area contributed by atoms with E-state index >= 15 is 0 Å². The molecule has 0 unspecified atom stereocenters. The van der Waals surface area contributed by atoms with Crippen LogP contribution < -0.4 is 10.6 Å². The number of hydrogen-bond donors (Lipinski definition) is 2. The van der Waals surface area contributed by atoms with E-state index < -0.39 is 0 Å². The average molecular weight is 289 g/mol. The molecule has 1 amide bonds. The van der Waals surface area contributed by atoms with E-state index in [4.69, 9.17) is 0 Å². The maximum absolute atomic E-state index is 12.0. The molecule has 1 fully saturated rings. The smallest absolute Gasteiger partial charge is 0.269 e. The van der Waals surface area contributed by atoms with Crippen LogP contribution in [0.2, 0.25) is 0 Å². The molecule has 2 rings (SSSR count). The molecule has 1 heterocycles. The van der Waals surface area contributed by atoms with Crippen molar-refractivity contribution in [2.24, 2.45) is 5.92 Å². The number of anilines is 1. The SMILES string of the molecule is CCCNc1ccc(C(=O)NCCCC2CCCC2)nc1. The minimum atomic E-state index is -0.0662. The first-order valence-corrected chi connectivity index (χ1v) is 8.27. The summed E-state index contributed by atoms with van der Waals surface area (Å²) in [5, 5.41) is 6.21. The molecule has 1 saturated carbocycles. The Labute approximate surface area is 127 Å². The molecule has 116 valence electrons. The highest BCUT2D eigenvalue weighted by molar-refractivity contribution is 5.92. The van der Waals surface area contributed by atoms with E-state index in [2.05, 4.69) is 22.5 Å². The third-order valence-electron chi connectivity index (χ3n) is 4.12. The maximum atomic E-state index is 12.0. The molecular weight excluding hydrogens is 262 g/mol. The fourth-order valence-electron chi connectivity index (χ4n) is 2.88. The third kappa shape index (κ3) is 5.37. The van der Waals surface area contributed by atoms with E-state index in [1.54, 1.807) is 12.3 Å². The van der Waals surface area contributed by atoms with Crippen LogP contribution >= 0.6 is 0 Å². The number of carbonyl (C=O) groups excluding carboxylic acids is 1. The van der Waals surface area contributed by atoms with Crippen LogP contribution in [0.4, 0.5) is 5.69 Å². The second kappa shape index (κ2) is 8.65.